The number of ether oxygens (including phenoxy) is 2. The molecule has 0 N–H and O–H groups in total. The number of benzene rings is 2. The Morgan fingerprint density at radius 3 is 2.46 bits per heavy atom. The molecule has 0 spiro atoms. The highest BCUT2D eigenvalue weighted by Crippen LogP contribution is 2.30. The van der Waals surface area contributed by atoms with Gasteiger partial charge in [0, 0.05) is 46.5 Å². The SMILES string of the molecule is Cc1ccc(S(=O)(=O)n2cc(I)c3cc(-c4ccc(OCCN5CCOCC5)cc4)cnc32)cc1. The van der Waals surface area contributed by atoms with Gasteiger partial charge in [-0.3, -0.25) is 4.90 Å². The second-order valence-corrected chi connectivity index (χ2v) is 11.5. The van der Waals surface area contributed by atoms with Crippen molar-refractivity contribution >= 4 is 43.6 Å². The predicted octanol–water partition coefficient (Wildman–Crippen LogP) is 4.56. The molecular weight excluding hydrogens is 577 g/mol. The van der Waals surface area contributed by atoms with E-state index in [1.807, 2.05) is 37.3 Å². The summed E-state index contributed by atoms with van der Waals surface area (Å²) in [6.45, 7) is 6.91. The summed E-state index contributed by atoms with van der Waals surface area (Å²) in [6.07, 6.45) is 3.34. The van der Waals surface area contributed by atoms with Gasteiger partial charge in [-0.25, -0.2) is 17.4 Å². The highest BCUT2D eigenvalue weighted by Gasteiger charge is 2.22. The van der Waals surface area contributed by atoms with E-state index in [-0.39, 0.29) is 4.90 Å². The van der Waals surface area contributed by atoms with Gasteiger partial charge in [-0.2, -0.15) is 0 Å². The first-order valence-corrected chi connectivity index (χ1v) is 14.0. The van der Waals surface area contributed by atoms with Gasteiger partial charge >= 0.3 is 0 Å². The Morgan fingerprint density at radius 2 is 1.74 bits per heavy atom. The summed E-state index contributed by atoms with van der Waals surface area (Å²) >= 11 is 2.16. The summed E-state index contributed by atoms with van der Waals surface area (Å²) in [7, 11) is -3.74. The van der Waals surface area contributed by atoms with Crippen molar-refractivity contribution in [3.63, 3.8) is 0 Å². The third kappa shape index (κ3) is 5.23. The van der Waals surface area contributed by atoms with Gasteiger partial charge in [-0.05, 0) is 65.4 Å². The van der Waals surface area contributed by atoms with E-state index in [2.05, 4.69) is 32.5 Å². The van der Waals surface area contributed by atoms with E-state index in [1.54, 1.807) is 36.7 Å². The molecule has 0 unspecified atom stereocenters. The van der Waals surface area contributed by atoms with Gasteiger partial charge in [0.05, 0.1) is 18.1 Å². The van der Waals surface area contributed by atoms with Crippen molar-refractivity contribution in [3.05, 3.63) is 76.1 Å². The van der Waals surface area contributed by atoms with Gasteiger partial charge in [0.25, 0.3) is 10.0 Å². The minimum atomic E-state index is -3.74. The fourth-order valence-corrected chi connectivity index (χ4v) is 6.26. The van der Waals surface area contributed by atoms with E-state index in [9.17, 15) is 8.42 Å². The number of rotatable bonds is 7. The van der Waals surface area contributed by atoms with Crippen molar-refractivity contribution in [2.45, 2.75) is 11.8 Å². The second kappa shape index (κ2) is 10.3. The minimum Gasteiger partial charge on any atom is -0.492 e. The third-order valence-corrected chi connectivity index (χ3v) is 8.63. The Bertz CT molecular complexity index is 1430. The topological polar surface area (TPSA) is 73.7 Å². The van der Waals surface area contributed by atoms with Gasteiger partial charge in [-0.15, -0.1) is 0 Å². The maximum Gasteiger partial charge on any atom is 0.269 e. The average molecular weight is 603 g/mol. The van der Waals surface area contributed by atoms with E-state index in [1.165, 1.54) is 3.97 Å². The molecule has 9 heteroatoms. The Morgan fingerprint density at radius 1 is 1.03 bits per heavy atom. The summed E-state index contributed by atoms with van der Waals surface area (Å²) in [5.74, 6) is 0.820. The van der Waals surface area contributed by atoms with Crippen molar-refractivity contribution in [2.24, 2.45) is 0 Å². The van der Waals surface area contributed by atoms with Crippen LogP contribution in [0.25, 0.3) is 22.2 Å². The van der Waals surface area contributed by atoms with Crippen molar-refractivity contribution in [2.75, 3.05) is 39.5 Å². The molecule has 3 heterocycles. The summed E-state index contributed by atoms with van der Waals surface area (Å²) in [5.41, 5.74) is 3.33. The molecule has 0 amide bonds. The zero-order valence-electron chi connectivity index (χ0n) is 19.4. The smallest absolute Gasteiger partial charge is 0.269 e. The molecule has 0 atom stereocenters. The lowest BCUT2D eigenvalue weighted by Gasteiger charge is -2.26. The first-order chi connectivity index (χ1) is 16.9. The molecule has 182 valence electrons. The van der Waals surface area contributed by atoms with Crippen molar-refractivity contribution < 1.29 is 17.9 Å². The Labute approximate surface area is 218 Å². The molecule has 2 aromatic heterocycles. The molecular formula is C26H26IN3O4S. The highest BCUT2D eigenvalue weighted by molar-refractivity contribution is 14.1. The van der Waals surface area contributed by atoms with Gasteiger partial charge < -0.3 is 9.47 Å². The van der Waals surface area contributed by atoms with Crippen LogP contribution in [0.3, 0.4) is 0 Å². The lowest BCUT2D eigenvalue weighted by atomic mass is 10.1. The molecule has 1 fully saturated rings. The van der Waals surface area contributed by atoms with Crippen LogP contribution in [0.15, 0.2) is 71.9 Å². The van der Waals surface area contributed by atoms with Crippen LogP contribution in [-0.4, -0.2) is 61.7 Å². The maximum absolute atomic E-state index is 13.2. The molecule has 4 aromatic rings. The van der Waals surface area contributed by atoms with Crippen molar-refractivity contribution in [3.8, 4) is 16.9 Å². The van der Waals surface area contributed by atoms with Crippen molar-refractivity contribution in [1.82, 2.24) is 13.9 Å². The Hall–Kier alpha value is -2.47. The number of halogens is 1. The number of aromatic nitrogens is 2. The predicted molar refractivity (Wildman–Crippen MR) is 144 cm³/mol. The summed E-state index contributed by atoms with van der Waals surface area (Å²) in [5, 5.41) is 0.796. The molecule has 1 saturated heterocycles. The molecule has 35 heavy (non-hydrogen) atoms. The summed E-state index contributed by atoms with van der Waals surface area (Å²) in [6, 6.07) is 16.7. The van der Waals surface area contributed by atoms with Crippen LogP contribution in [0.1, 0.15) is 5.56 Å². The average Bonchev–Trinajstić information content (AvgIpc) is 3.22. The third-order valence-electron chi connectivity index (χ3n) is 6.11. The molecule has 1 aliphatic heterocycles. The van der Waals surface area contributed by atoms with Gasteiger partial charge in [0.2, 0.25) is 0 Å². The largest absolute Gasteiger partial charge is 0.492 e. The summed E-state index contributed by atoms with van der Waals surface area (Å²) in [4.78, 5) is 7.12. The van der Waals surface area contributed by atoms with Crippen LogP contribution in [0.4, 0.5) is 0 Å². The Balaban J connectivity index is 1.34. The number of hydrogen-bond acceptors (Lipinski definition) is 6. The van der Waals surface area contributed by atoms with E-state index in [0.29, 0.717) is 12.3 Å². The number of pyridine rings is 1. The number of morpholine rings is 1. The monoisotopic (exact) mass is 603 g/mol. The maximum atomic E-state index is 13.2. The zero-order chi connectivity index (χ0) is 24.4. The molecule has 2 aromatic carbocycles. The quantitative estimate of drug-likeness (QED) is 0.289. The first-order valence-electron chi connectivity index (χ1n) is 11.4. The van der Waals surface area contributed by atoms with Crippen LogP contribution in [-0.2, 0) is 14.8 Å². The molecule has 7 nitrogen and oxygen atoms in total. The van der Waals surface area contributed by atoms with Gasteiger partial charge in [-0.1, -0.05) is 29.8 Å². The first kappa shape index (κ1) is 24.2. The van der Waals surface area contributed by atoms with Crippen LogP contribution in [0.2, 0.25) is 0 Å². The fourth-order valence-electron chi connectivity index (χ4n) is 4.07. The van der Waals surface area contributed by atoms with Crippen LogP contribution < -0.4 is 4.74 Å². The fraction of sp³-hybridized carbons (Fsp3) is 0.269. The van der Waals surface area contributed by atoms with Crippen LogP contribution >= 0.6 is 22.6 Å². The molecule has 0 radical (unpaired) electrons. The summed E-state index contributed by atoms with van der Waals surface area (Å²) < 4.78 is 39.9. The molecule has 0 saturated carbocycles. The van der Waals surface area contributed by atoms with Crippen LogP contribution in [0.5, 0.6) is 5.75 Å². The number of nitrogens with zero attached hydrogens (tertiary/aromatic N) is 3. The minimum absolute atomic E-state index is 0.242. The zero-order valence-corrected chi connectivity index (χ0v) is 22.3. The van der Waals surface area contributed by atoms with Gasteiger partial charge in [0.15, 0.2) is 5.65 Å². The molecule has 5 rings (SSSR count). The van der Waals surface area contributed by atoms with Crippen molar-refractivity contribution in [1.29, 1.82) is 0 Å². The van der Waals surface area contributed by atoms with E-state index < -0.39 is 10.0 Å². The highest BCUT2D eigenvalue weighted by atomic mass is 127. The van der Waals surface area contributed by atoms with Gasteiger partial charge in [0.1, 0.15) is 12.4 Å². The standard InChI is InChI=1S/C26H26IN3O4S/c1-19-2-8-23(9-3-19)35(31,32)30-18-25(27)24-16-21(17-28-26(24)30)20-4-6-22(7-5-20)34-15-12-29-10-13-33-14-11-29/h2-9,16-18H,10-15H2,1H3. The second-order valence-electron chi connectivity index (χ2n) is 8.51. The van der Waals surface area contributed by atoms with E-state index in [0.717, 1.165) is 64.2 Å². The van der Waals surface area contributed by atoms with Crippen LogP contribution in [0, 0.1) is 10.5 Å². The lowest BCUT2D eigenvalue weighted by Crippen LogP contribution is -2.38. The van der Waals surface area contributed by atoms with E-state index >= 15 is 0 Å². The number of aryl methyl sites for hydroxylation is 1. The Kier molecular flexibility index (Phi) is 7.10. The molecule has 0 bridgehead atoms. The lowest BCUT2D eigenvalue weighted by molar-refractivity contribution is 0.0322. The molecule has 1 aliphatic rings. The molecule has 0 aliphatic carbocycles. The normalized spacial score (nSPS) is 14.9. The number of hydrogen-bond donors (Lipinski definition) is 0. The number of fused-ring (bicyclic) bond motifs is 1. The van der Waals surface area contributed by atoms with E-state index in [4.69, 9.17) is 9.47 Å².